The van der Waals surface area contributed by atoms with E-state index in [2.05, 4.69) is 28.4 Å². The van der Waals surface area contributed by atoms with Crippen molar-refractivity contribution in [1.82, 2.24) is 4.90 Å². The van der Waals surface area contributed by atoms with E-state index in [0.29, 0.717) is 18.1 Å². The first-order valence-corrected chi connectivity index (χ1v) is 12.3. The molecule has 1 aliphatic rings. The van der Waals surface area contributed by atoms with Crippen molar-refractivity contribution in [2.24, 2.45) is 5.92 Å². The number of likely N-dealkylation sites (tertiary alicyclic amines) is 1. The van der Waals surface area contributed by atoms with Crippen molar-refractivity contribution in [2.45, 2.75) is 58.8 Å². The summed E-state index contributed by atoms with van der Waals surface area (Å²) in [5.41, 5.74) is 2.94. The maximum Gasteiger partial charge on any atom is 0.226 e. The van der Waals surface area contributed by atoms with Gasteiger partial charge >= 0.3 is 0 Å². The minimum Gasteiger partial charge on any atom is -0.494 e. The fraction of sp³-hybridized carbons (Fsp3) is 0.500. The molecule has 0 radical (unpaired) electrons. The van der Waals surface area contributed by atoms with E-state index in [1.807, 2.05) is 44.2 Å². The van der Waals surface area contributed by atoms with Crippen molar-refractivity contribution in [3.63, 3.8) is 0 Å². The van der Waals surface area contributed by atoms with Crippen LogP contribution in [0.4, 0.5) is 5.69 Å². The van der Waals surface area contributed by atoms with Gasteiger partial charge in [0, 0.05) is 17.2 Å². The van der Waals surface area contributed by atoms with Gasteiger partial charge in [0.2, 0.25) is 5.91 Å². The van der Waals surface area contributed by atoms with Gasteiger partial charge in [-0.2, -0.15) is 0 Å². The highest BCUT2D eigenvalue weighted by Gasteiger charge is 2.20. The SMILES string of the molecule is CC(=O)c1cccc(OCCCCCN2CCC(c3cccc(NC(=O)C(C)C)c3)CC2)c1. The maximum absolute atomic E-state index is 12.0. The second kappa shape index (κ2) is 12.5. The van der Waals surface area contributed by atoms with Crippen LogP contribution in [0.3, 0.4) is 0 Å². The van der Waals surface area contributed by atoms with E-state index in [4.69, 9.17) is 4.74 Å². The summed E-state index contributed by atoms with van der Waals surface area (Å²) in [7, 11) is 0. The van der Waals surface area contributed by atoms with E-state index in [1.54, 1.807) is 6.92 Å². The Balaban J connectivity index is 1.32. The van der Waals surface area contributed by atoms with Crippen molar-refractivity contribution in [3.05, 3.63) is 59.7 Å². The summed E-state index contributed by atoms with van der Waals surface area (Å²) in [6.07, 6.45) is 5.67. The zero-order chi connectivity index (χ0) is 23.6. The van der Waals surface area contributed by atoms with Gasteiger partial charge < -0.3 is 15.0 Å². The van der Waals surface area contributed by atoms with Crippen LogP contribution in [-0.2, 0) is 4.79 Å². The first-order chi connectivity index (χ1) is 15.9. The molecule has 2 aromatic carbocycles. The van der Waals surface area contributed by atoms with Gasteiger partial charge in [0.15, 0.2) is 5.78 Å². The van der Waals surface area contributed by atoms with Gasteiger partial charge in [-0.15, -0.1) is 0 Å². The highest BCUT2D eigenvalue weighted by atomic mass is 16.5. The number of Topliss-reactive ketones (excluding diaryl/α,β-unsaturated/α-hetero) is 1. The number of benzene rings is 2. The van der Waals surface area contributed by atoms with Gasteiger partial charge in [0.1, 0.15) is 5.75 Å². The third-order valence-electron chi connectivity index (χ3n) is 6.37. The van der Waals surface area contributed by atoms with Crippen molar-refractivity contribution in [1.29, 1.82) is 0 Å². The van der Waals surface area contributed by atoms with Gasteiger partial charge in [0.25, 0.3) is 0 Å². The molecule has 1 N–H and O–H groups in total. The Bertz CT molecular complexity index is 917. The first-order valence-electron chi connectivity index (χ1n) is 12.3. The molecule has 0 spiro atoms. The minimum atomic E-state index is -0.0126. The van der Waals surface area contributed by atoms with Crippen LogP contribution in [-0.4, -0.2) is 42.8 Å². The van der Waals surface area contributed by atoms with Crippen LogP contribution >= 0.6 is 0 Å². The molecule has 1 saturated heterocycles. The highest BCUT2D eigenvalue weighted by Crippen LogP contribution is 2.29. The predicted octanol–water partition coefficient (Wildman–Crippen LogP) is 5.91. The smallest absolute Gasteiger partial charge is 0.226 e. The molecule has 0 aliphatic carbocycles. The number of nitrogens with zero attached hydrogens (tertiary/aromatic N) is 1. The standard InChI is InChI=1S/C28H38N2O3/c1-21(2)28(32)29-26-11-7-10-25(19-26)23-13-16-30(17-14-23)15-5-4-6-18-33-27-12-8-9-24(20-27)22(3)31/h7-12,19-21,23H,4-6,13-18H2,1-3H3,(H,29,32). The average Bonchev–Trinajstić information content (AvgIpc) is 2.82. The molecular weight excluding hydrogens is 412 g/mol. The second-order valence-electron chi connectivity index (χ2n) is 9.38. The first kappa shape index (κ1) is 25.0. The number of amides is 1. The molecule has 2 aromatic rings. The number of carbonyl (C=O) groups is 2. The van der Waals surface area contributed by atoms with Gasteiger partial charge in [-0.25, -0.2) is 0 Å². The molecule has 0 atom stereocenters. The largest absolute Gasteiger partial charge is 0.494 e. The Hall–Kier alpha value is -2.66. The second-order valence-corrected chi connectivity index (χ2v) is 9.38. The van der Waals surface area contributed by atoms with Crippen LogP contribution in [0.1, 0.15) is 74.7 Å². The maximum atomic E-state index is 12.0. The summed E-state index contributed by atoms with van der Waals surface area (Å²) in [6, 6.07) is 15.8. The lowest BCUT2D eigenvalue weighted by atomic mass is 9.89. The fourth-order valence-electron chi connectivity index (χ4n) is 4.26. The van der Waals surface area contributed by atoms with E-state index in [9.17, 15) is 9.59 Å². The molecule has 33 heavy (non-hydrogen) atoms. The predicted molar refractivity (Wildman–Crippen MR) is 134 cm³/mol. The third kappa shape index (κ3) is 8.01. The molecule has 5 heteroatoms. The Labute approximate surface area is 198 Å². The van der Waals surface area contributed by atoms with Crippen molar-refractivity contribution >= 4 is 17.4 Å². The molecular formula is C28H38N2O3. The number of ether oxygens (including phenoxy) is 1. The number of piperidine rings is 1. The topological polar surface area (TPSA) is 58.6 Å². The Kier molecular flexibility index (Phi) is 9.49. The number of rotatable bonds is 11. The molecule has 3 rings (SSSR count). The van der Waals surface area contributed by atoms with Crippen LogP contribution in [0, 0.1) is 5.92 Å². The van der Waals surface area contributed by atoms with Crippen molar-refractivity contribution < 1.29 is 14.3 Å². The summed E-state index contributed by atoms with van der Waals surface area (Å²) >= 11 is 0. The summed E-state index contributed by atoms with van der Waals surface area (Å²) in [5.74, 6) is 1.46. The molecule has 0 bridgehead atoms. The van der Waals surface area contributed by atoms with Crippen LogP contribution < -0.4 is 10.1 Å². The van der Waals surface area contributed by atoms with Crippen molar-refractivity contribution in [2.75, 3.05) is 31.6 Å². The molecule has 178 valence electrons. The molecule has 0 unspecified atom stereocenters. The number of nitrogens with one attached hydrogen (secondary N) is 1. The van der Waals surface area contributed by atoms with Gasteiger partial charge in [0.05, 0.1) is 6.61 Å². The number of hydrogen-bond donors (Lipinski definition) is 1. The molecule has 0 aromatic heterocycles. The van der Waals surface area contributed by atoms with Crippen LogP contribution in [0.5, 0.6) is 5.75 Å². The number of carbonyl (C=O) groups excluding carboxylic acids is 2. The van der Waals surface area contributed by atoms with Crippen LogP contribution in [0.25, 0.3) is 0 Å². The van der Waals surface area contributed by atoms with E-state index in [-0.39, 0.29) is 17.6 Å². The zero-order valence-corrected chi connectivity index (χ0v) is 20.3. The quantitative estimate of drug-likeness (QED) is 0.341. The monoisotopic (exact) mass is 450 g/mol. The number of anilines is 1. The molecule has 1 aliphatic heterocycles. The molecule has 1 amide bonds. The number of hydrogen-bond acceptors (Lipinski definition) is 4. The van der Waals surface area contributed by atoms with E-state index in [1.165, 1.54) is 12.0 Å². The lowest BCUT2D eigenvalue weighted by molar-refractivity contribution is -0.118. The molecule has 5 nitrogen and oxygen atoms in total. The Morgan fingerprint density at radius 1 is 1.03 bits per heavy atom. The summed E-state index contributed by atoms with van der Waals surface area (Å²) in [6.45, 7) is 9.48. The fourth-order valence-corrected chi connectivity index (χ4v) is 4.26. The van der Waals surface area contributed by atoms with Crippen LogP contribution in [0.15, 0.2) is 48.5 Å². The summed E-state index contributed by atoms with van der Waals surface area (Å²) in [4.78, 5) is 26.0. The highest BCUT2D eigenvalue weighted by molar-refractivity contribution is 5.94. The third-order valence-corrected chi connectivity index (χ3v) is 6.37. The number of ketones is 1. The normalized spacial score (nSPS) is 14.9. The summed E-state index contributed by atoms with van der Waals surface area (Å²) in [5, 5.41) is 3.02. The summed E-state index contributed by atoms with van der Waals surface area (Å²) < 4.78 is 5.81. The lowest BCUT2D eigenvalue weighted by Crippen LogP contribution is -2.33. The Morgan fingerprint density at radius 2 is 1.79 bits per heavy atom. The molecule has 0 saturated carbocycles. The van der Waals surface area contributed by atoms with E-state index >= 15 is 0 Å². The van der Waals surface area contributed by atoms with Gasteiger partial charge in [-0.05, 0) is 94.4 Å². The molecule has 1 fully saturated rings. The number of unbranched alkanes of at least 4 members (excludes halogenated alkanes) is 2. The van der Waals surface area contributed by atoms with Gasteiger partial charge in [-0.1, -0.05) is 38.1 Å². The zero-order valence-electron chi connectivity index (χ0n) is 20.3. The van der Waals surface area contributed by atoms with Gasteiger partial charge in [-0.3, -0.25) is 9.59 Å². The van der Waals surface area contributed by atoms with E-state index in [0.717, 1.165) is 56.8 Å². The lowest BCUT2D eigenvalue weighted by Gasteiger charge is -2.32. The van der Waals surface area contributed by atoms with Crippen LogP contribution in [0.2, 0.25) is 0 Å². The van der Waals surface area contributed by atoms with E-state index < -0.39 is 0 Å². The average molecular weight is 451 g/mol. The van der Waals surface area contributed by atoms with Crippen molar-refractivity contribution in [3.8, 4) is 5.75 Å². The minimum absolute atomic E-state index is 0.0126. The Morgan fingerprint density at radius 3 is 2.52 bits per heavy atom. The molecule has 1 heterocycles.